The number of hydrogen-bond acceptors (Lipinski definition) is 5. The lowest BCUT2D eigenvalue weighted by Crippen LogP contribution is -2.37. The highest BCUT2D eigenvalue weighted by Gasteiger charge is 2.09. The molecular weight excluding hydrogens is 358 g/mol. The predicted octanol–water partition coefficient (Wildman–Crippen LogP) is 3.36. The van der Waals surface area contributed by atoms with Gasteiger partial charge < -0.3 is 15.2 Å². The van der Waals surface area contributed by atoms with Crippen LogP contribution in [0.25, 0.3) is 11.4 Å². The number of nitrogens with zero attached hydrogens (tertiary/aromatic N) is 3. The number of thiophene rings is 1. The van der Waals surface area contributed by atoms with Gasteiger partial charge in [-0.1, -0.05) is 35.0 Å². The van der Waals surface area contributed by atoms with Crippen molar-refractivity contribution in [3.05, 3.63) is 57.6 Å². The summed E-state index contributed by atoms with van der Waals surface area (Å²) in [6, 6.07) is 11.5. The number of nitrogens with one attached hydrogen (secondary N) is 2. The lowest BCUT2D eigenvalue weighted by atomic mass is 10.2. The summed E-state index contributed by atoms with van der Waals surface area (Å²) in [7, 11) is 1.73. The van der Waals surface area contributed by atoms with Crippen molar-refractivity contribution in [3.8, 4) is 11.4 Å². The summed E-state index contributed by atoms with van der Waals surface area (Å²) >= 11 is 7.74. The average molecular weight is 376 g/mol. The van der Waals surface area contributed by atoms with Crippen molar-refractivity contribution >= 4 is 28.9 Å². The Balaban J connectivity index is 1.50. The van der Waals surface area contributed by atoms with Gasteiger partial charge in [-0.05, 0) is 30.0 Å². The zero-order valence-corrected chi connectivity index (χ0v) is 15.3. The zero-order chi connectivity index (χ0) is 17.5. The SMILES string of the molecule is CN=C(NCCc1cccs1)NCc1nc(-c2cccc(Cl)c2)no1. The van der Waals surface area contributed by atoms with E-state index in [1.54, 1.807) is 30.5 Å². The second-order valence-electron chi connectivity index (χ2n) is 5.20. The third-order valence-corrected chi connectivity index (χ3v) is 4.60. The van der Waals surface area contributed by atoms with Gasteiger partial charge in [0, 0.05) is 29.1 Å². The molecule has 6 nitrogen and oxygen atoms in total. The van der Waals surface area contributed by atoms with Gasteiger partial charge in [-0.2, -0.15) is 4.98 Å². The molecule has 2 aromatic heterocycles. The first-order valence-electron chi connectivity index (χ1n) is 7.80. The molecule has 8 heteroatoms. The summed E-state index contributed by atoms with van der Waals surface area (Å²) in [5, 5.41) is 13.1. The molecule has 0 unspecified atom stereocenters. The summed E-state index contributed by atoms with van der Waals surface area (Å²) < 4.78 is 5.27. The van der Waals surface area contributed by atoms with E-state index in [4.69, 9.17) is 16.1 Å². The Kier molecular flexibility index (Phi) is 6.03. The van der Waals surface area contributed by atoms with Crippen molar-refractivity contribution in [2.24, 2.45) is 4.99 Å². The Morgan fingerprint density at radius 3 is 2.96 bits per heavy atom. The van der Waals surface area contributed by atoms with Gasteiger partial charge in [0.1, 0.15) is 0 Å². The maximum atomic E-state index is 5.99. The van der Waals surface area contributed by atoms with Crippen LogP contribution in [0.2, 0.25) is 5.02 Å². The van der Waals surface area contributed by atoms with Gasteiger partial charge in [-0.25, -0.2) is 0 Å². The van der Waals surface area contributed by atoms with Crippen molar-refractivity contribution in [2.45, 2.75) is 13.0 Å². The van der Waals surface area contributed by atoms with E-state index < -0.39 is 0 Å². The van der Waals surface area contributed by atoms with E-state index >= 15 is 0 Å². The molecule has 3 aromatic rings. The van der Waals surface area contributed by atoms with Crippen LogP contribution in [0, 0.1) is 0 Å². The number of aromatic nitrogens is 2. The fraction of sp³-hybridized carbons (Fsp3) is 0.235. The zero-order valence-electron chi connectivity index (χ0n) is 13.7. The predicted molar refractivity (Wildman–Crippen MR) is 101 cm³/mol. The quantitative estimate of drug-likeness (QED) is 0.510. The summed E-state index contributed by atoms with van der Waals surface area (Å²) in [5.74, 6) is 1.69. The molecule has 0 radical (unpaired) electrons. The molecule has 0 bridgehead atoms. The van der Waals surface area contributed by atoms with E-state index in [1.807, 2.05) is 12.1 Å². The van der Waals surface area contributed by atoms with Gasteiger partial charge in [-0.3, -0.25) is 4.99 Å². The van der Waals surface area contributed by atoms with Crippen molar-refractivity contribution in [2.75, 3.05) is 13.6 Å². The molecule has 0 spiro atoms. The first-order chi connectivity index (χ1) is 12.2. The Morgan fingerprint density at radius 2 is 2.20 bits per heavy atom. The number of rotatable bonds is 6. The first kappa shape index (κ1) is 17.4. The number of guanidine groups is 1. The van der Waals surface area contributed by atoms with Crippen LogP contribution in [0.1, 0.15) is 10.8 Å². The molecule has 0 fully saturated rings. The summed E-state index contributed by atoms with van der Waals surface area (Å²) in [4.78, 5) is 9.90. The third kappa shape index (κ3) is 5.04. The van der Waals surface area contributed by atoms with Crippen molar-refractivity contribution in [3.63, 3.8) is 0 Å². The summed E-state index contributed by atoms with van der Waals surface area (Å²) in [5.41, 5.74) is 0.820. The lowest BCUT2D eigenvalue weighted by Gasteiger charge is -2.09. The van der Waals surface area contributed by atoms with Gasteiger partial charge in [0.2, 0.25) is 11.7 Å². The van der Waals surface area contributed by atoms with Crippen LogP contribution in [-0.2, 0) is 13.0 Å². The van der Waals surface area contributed by atoms with E-state index in [0.29, 0.717) is 29.2 Å². The van der Waals surface area contributed by atoms with Gasteiger partial charge >= 0.3 is 0 Å². The van der Waals surface area contributed by atoms with Gasteiger partial charge in [-0.15, -0.1) is 11.3 Å². The van der Waals surface area contributed by atoms with Crippen molar-refractivity contribution < 1.29 is 4.52 Å². The largest absolute Gasteiger partial charge is 0.356 e. The maximum absolute atomic E-state index is 5.99. The minimum absolute atomic E-state index is 0.395. The van der Waals surface area contributed by atoms with E-state index in [9.17, 15) is 0 Å². The van der Waals surface area contributed by atoms with E-state index in [2.05, 4.69) is 43.3 Å². The summed E-state index contributed by atoms with van der Waals surface area (Å²) in [6.45, 7) is 1.20. The van der Waals surface area contributed by atoms with Crippen molar-refractivity contribution in [1.29, 1.82) is 0 Å². The van der Waals surface area contributed by atoms with Crippen LogP contribution in [0.4, 0.5) is 0 Å². The van der Waals surface area contributed by atoms with Crippen LogP contribution < -0.4 is 10.6 Å². The second-order valence-corrected chi connectivity index (χ2v) is 6.67. The second kappa shape index (κ2) is 8.64. The third-order valence-electron chi connectivity index (χ3n) is 3.43. The van der Waals surface area contributed by atoms with Crippen molar-refractivity contribution in [1.82, 2.24) is 20.8 Å². The molecule has 2 heterocycles. The normalized spacial score (nSPS) is 11.5. The van der Waals surface area contributed by atoms with E-state index in [-0.39, 0.29) is 0 Å². The highest BCUT2D eigenvalue weighted by atomic mass is 35.5. The Morgan fingerprint density at radius 1 is 1.28 bits per heavy atom. The van der Waals surface area contributed by atoms with Gasteiger partial charge in [0.25, 0.3) is 0 Å². The number of benzene rings is 1. The average Bonchev–Trinajstić information content (AvgIpc) is 3.30. The minimum Gasteiger partial charge on any atom is -0.356 e. The van der Waals surface area contributed by atoms with Crippen LogP contribution in [0.15, 0.2) is 51.3 Å². The Bertz CT molecular complexity index is 831. The molecule has 3 rings (SSSR count). The Hall–Kier alpha value is -2.38. The smallest absolute Gasteiger partial charge is 0.246 e. The number of aliphatic imine (C=N–C) groups is 1. The van der Waals surface area contributed by atoms with Gasteiger partial charge in [0.15, 0.2) is 5.96 Å². The molecule has 0 saturated carbocycles. The molecule has 0 aliphatic heterocycles. The Labute approximate surface area is 154 Å². The number of halogens is 1. The molecule has 0 saturated heterocycles. The molecule has 2 N–H and O–H groups in total. The topological polar surface area (TPSA) is 75.3 Å². The molecule has 0 amide bonds. The molecule has 1 aromatic carbocycles. The fourth-order valence-corrected chi connectivity index (χ4v) is 3.11. The van der Waals surface area contributed by atoms with Gasteiger partial charge in [0.05, 0.1) is 6.54 Å². The molecule has 0 aliphatic rings. The lowest BCUT2D eigenvalue weighted by molar-refractivity contribution is 0.375. The van der Waals surface area contributed by atoms with Crippen LogP contribution in [0.5, 0.6) is 0 Å². The molecule has 130 valence electrons. The van der Waals surface area contributed by atoms with E-state index in [0.717, 1.165) is 18.5 Å². The fourth-order valence-electron chi connectivity index (χ4n) is 2.21. The van der Waals surface area contributed by atoms with Crippen LogP contribution in [0.3, 0.4) is 0 Å². The first-order valence-corrected chi connectivity index (χ1v) is 9.06. The van der Waals surface area contributed by atoms with E-state index in [1.165, 1.54) is 4.88 Å². The van der Waals surface area contributed by atoms with Crippen LogP contribution >= 0.6 is 22.9 Å². The molecular formula is C17H18ClN5OS. The maximum Gasteiger partial charge on any atom is 0.246 e. The highest BCUT2D eigenvalue weighted by Crippen LogP contribution is 2.19. The number of hydrogen-bond donors (Lipinski definition) is 2. The summed E-state index contributed by atoms with van der Waals surface area (Å²) in [6.07, 6.45) is 0.956. The standard InChI is InChI=1S/C17H18ClN5OS/c1-19-17(20-8-7-14-6-3-9-25-14)21-11-15-22-16(23-24-15)12-4-2-5-13(18)10-12/h2-6,9-10H,7-8,11H2,1H3,(H2,19,20,21). The minimum atomic E-state index is 0.395. The molecule has 25 heavy (non-hydrogen) atoms. The monoisotopic (exact) mass is 375 g/mol. The van der Waals surface area contributed by atoms with Crippen LogP contribution in [-0.4, -0.2) is 29.7 Å². The molecule has 0 aliphatic carbocycles. The highest BCUT2D eigenvalue weighted by molar-refractivity contribution is 7.09. The molecule has 0 atom stereocenters.